The number of aromatic nitrogens is 2. The minimum absolute atomic E-state index is 0.448. The molecule has 0 aliphatic rings. The van der Waals surface area contributed by atoms with Gasteiger partial charge in [-0.3, -0.25) is 4.98 Å². The Morgan fingerprint density at radius 2 is 1.79 bits per heavy atom. The number of hydrogen-bond donors (Lipinski definition) is 0. The quantitative estimate of drug-likeness (QED) is 0.647. The van der Waals surface area contributed by atoms with Crippen LogP contribution in [0, 0.1) is 0 Å². The summed E-state index contributed by atoms with van der Waals surface area (Å²) >= 11 is 0. The zero-order valence-corrected chi connectivity index (χ0v) is 9.72. The molecule has 0 saturated heterocycles. The van der Waals surface area contributed by atoms with E-state index in [9.17, 15) is 13.2 Å². The third-order valence-corrected chi connectivity index (χ3v) is 2.91. The first-order chi connectivity index (χ1) is 9.05. The first-order valence-electron chi connectivity index (χ1n) is 5.65. The SMILES string of the molecule is FC(F)(F)c1cc(-n2ccc3ccccc32)ccn1. The minimum atomic E-state index is -4.43. The maximum atomic E-state index is 12.7. The molecule has 0 bridgehead atoms. The summed E-state index contributed by atoms with van der Waals surface area (Å²) < 4.78 is 39.7. The Balaban J connectivity index is 2.17. The molecule has 0 unspecified atom stereocenters. The predicted molar refractivity (Wildman–Crippen MR) is 66.1 cm³/mol. The molecule has 1 aromatic carbocycles. The summed E-state index contributed by atoms with van der Waals surface area (Å²) in [6.45, 7) is 0. The van der Waals surface area contributed by atoms with Crippen LogP contribution in [0.3, 0.4) is 0 Å². The Morgan fingerprint density at radius 1 is 1.00 bits per heavy atom. The summed E-state index contributed by atoms with van der Waals surface area (Å²) in [5.41, 5.74) is 0.424. The number of pyridine rings is 1. The molecule has 0 aliphatic heterocycles. The van der Waals surface area contributed by atoms with Crippen LogP contribution in [0.25, 0.3) is 16.6 Å². The van der Waals surface area contributed by atoms with Gasteiger partial charge in [0.1, 0.15) is 5.69 Å². The molecule has 0 atom stereocenters. The second-order valence-corrected chi connectivity index (χ2v) is 4.14. The van der Waals surface area contributed by atoms with Crippen LogP contribution in [0.5, 0.6) is 0 Å². The topological polar surface area (TPSA) is 17.8 Å². The third kappa shape index (κ3) is 2.07. The second kappa shape index (κ2) is 4.12. The van der Waals surface area contributed by atoms with Crippen molar-refractivity contribution in [1.29, 1.82) is 0 Å². The van der Waals surface area contributed by atoms with Crippen LogP contribution in [-0.2, 0) is 6.18 Å². The van der Waals surface area contributed by atoms with Crippen molar-refractivity contribution in [2.45, 2.75) is 6.18 Å². The first kappa shape index (κ1) is 11.8. The van der Waals surface area contributed by atoms with Gasteiger partial charge in [-0.05, 0) is 29.7 Å². The highest BCUT2D eigenvalue weighted by Crippen LogP contribution is 2.29. The van der Waals surface area contributed by atoms with Crippen LogP contribution in [0.15, 0.2) is 54.9 Å². The number of hydrogen-bond acceptors (Lipinski definition) is 1. The van der Waals surface area contributed by atoms with Crippen molar-refractivity contribution in [1.82, 2.24) is 9.55 Å². The standard InChI is InChI=1S/C14H9F3N2/c15-14(16,17)13-9-11(5-7-18-13)19-8-6-10-3-1-2-4-12(10)19/h1-9H. The molecular formula is C14H9F3N2. The van der Waals surface area contributed by atoms with Gasteiger partial charge in [-0.25, -0.2) is 0 Å². The molecule has 2 heterocycles. The fraction of sp³-hybridized carbons (Fsp3) is 0.0714. The monoisotopic (exact) mass is 262 g/mol. The average Bonchev–Trinajstić information content (AvgIpc) is 2.82. The van der Waals surface area contributed by atoms with Crippen LogP contribution in [-0.4, -0.2) is 9.55 Å². The van der Waals surface area contributed by atoms with Crippen molar-refractivity contribution in [3.05, 3.63) is 60.6 Å². The molecular weight excluding hydrogens is 253 g/mol. The van der Waals surface area contributed by atoms with E-state index in [2.05, 4.69) is 4.98 Å². The number of nitrogens with zero attached hydrogens (tertiary/aromatic N) is 2. The van der Waals surface area contributed by atoms with E-state index in [0.717, 1.165) is 17.0 Å². The molecule has 3 rings (SSSR count). The van der Waals surface area contributed by atoms with Crippen molar-refractivity contribution >= 4 is 10.9 Å². The van der Waals surface area contributed by atoms with E-state index in [1.54, 1.807) is 16.8 Å². The van der Waals surface area contributed by atoms with Gasteiger partial charge in [-0.1, -0.05) is 18.2 Å². The lowest BCUT2D eigenvalue weighted by Crippen LogP contribution is -2.08. The van der Waals surface area contributed by atoms with Crippen LogP contribution in [0.4, 0.5) is 13.2 Å². The van der Waals surface area contributed by atoms with Gasteiger partial charge in [0, 0.05) is 18.1 Å². The molecule has 2 aromatic heterocycles. The molecule has 0 radical (unpaired) electrons. The van der Waals surface area contributed by atoms with E-state index >= 15 is 0 Å². The summed E-state index contributed by atoms with van der Waals surface area (Å²) in [5.74, 6) is 0. The molecule has 0 spiro atoms. The van der Waals surface area contributed by atoms with Crippen molar-refractivity contribution < 1.29 is 13.2 Å². The van der Waals surface area contributed by atoms with Gasteiger partial charge in [0.05, 0.1) is 5.52 Å². The number of alkyl halides is 3. The molecule has 0 amide bonds. The Kier molecular flexibility index (Phi) is 2.55. The number of benzene rings is 1. The normalized spacial score (nSPS) is 11.9. The number of halogens is 3. The molecule has 19 heavy (non-hydrogen) atoms. The Hall–Kier alpha value is -2.30. The maximum absolute atomic E-state index is 12.7. The summed E-state index contributed by atoms with van der Waals surface area (Å²) in [6.07, 6.45) is -1.51. The molecule has 5 heteroatoms. The molecule has 0 N–H and O–H groups in total. The van der Waals surface area contributed by atoms with E-state index in [1.807, 2.05) is 30.3 Å². The highest BCUT2D eigenvalue weighted by Gasteiger charge is 2.32. The average molecular weight is 262 g/mol. The summed E-state index contributed by atoms with van der Waals surface area (Å²) in [7, 11) is 0. The van der Waals surface area contributed by atoms with E-state index in [0.29, 0.717) is 5.69 Å². The number of fused-ring (bicyclic) bond motifs is 1. The lowest BCUT2D eigenvalue weighted by Gasteiger charge is -2.09. The third-order valence-electron chi connectivity index (χ3n) is 2.91. The molecule has 0 aliphatic carbocycles. The van der Waals surface area contributed by atoms with Crippen LogP contribution < -0.4 is 0 Å². The number of rotatable bonds is 1. The van der Waals surface area contributed by atoms with Gasteiger partial charge in [-0.2, -0.15) is 13.2 Å². The van der Waals surface area contributed by atoms with Crippen molar-refractivity contribution in [2.75, 3.05) is 0 Å². The zero-order valence-electron chi connectivity index (χ0n) is 9.72. The van der Waals surface area contributed by atoms with Crippen LogP contribution in [0.2, 0.25) is 0 Å². The lowest BCUT2D eigenvalue weighted by atomic mass is 10.2. The lowest BCUT2D eigenvalue weighted by molar-refractivity contribution is -0.141. The fourth-order valence-corrected chi connectivity index (χ4v) is 2.03. The summed E-state index contributed by atoms with van der Waals surface area (Å²) in [6, 6.07) is 12.0. The van der Waals surface area contributed by atoms with Crippen LogP contribution >= 0.6 is 0 Å². The Bertz CT molecular complexity index is 729. The molecule has 3 aromatic rings. The van der Waals surface area contributed by atoms with Gasteiger partial charge < -0.3 is 4.57 Å². The first-order valence-corrected chi connectivity index (χ1v) is 5.65. The highest BCUT2D eigenvalue weighted by molar-refractivity contribution is 5.81. The van der Waals surface area contributed by atoms with Gasteiger partial charge in [0.2, 0.25) is 0 Å². The Labute approximate surface area is 107 Å². The van der Waals surface area contributed by atoms with Crippen LogP contribution in [0.1, 0.15) is 5.69 Å². The predicted octanol–water partition coefficient (Wildman–Crippen LogP) is 4.04. The highest BCUT2D eigenvalue weighted by atomic mass is 19.4. The summed E-state index contributed by atoms with van der Waals surface area (Å²) in [4.78, 5) is 3.36. The van der Waals surface area contributed by atoms with Gasteiger partial charge >= 0.3 is 6.18 Å². The Morgan fingerprint density at radius 3 is 2.58 bits per heavy atom. The van der Waals surface area contributed by atoms with E-state index < -0.39 is 11.9 Å². The van der Waals surface area contributed by atoms with Crippen molar-refractivity contribution in [2.24, 2.45) is 0 Å². The van der Waals surface area contributed by atoms with Gasteiger partial charge in [0.25, 0.3) is 0 Å². The molecule has 96 valence electrons. The smallest absolute Gasteiger partial charge is 0.316 e. The van der Waals surface area contributed by atoms with E-state index in [-0.39, 0.29) is 0 Å². The zero-order chi connectivity index (χ0) is 13.5. The molecule has 0 saturated carbocycles. The number of para-hydroxylation sites is 1. The molecule has 0 fully saturated rings. The summed E-state index contributed by atoms with van der Waals surface area (Å²) in [5, 5.41) is 0.980. The minimum Gasteiger partial charge on any atom is -0.316 e. The second-order valence-electron chi connectivity index (χ2n) is 4.14. The van der Waals surface area contributed by atoms with E-state index in [4.69, 9.17) is 0 Å². The van der Waals surface area contributed by atoms with Crippen molar-refractivity contribution in [3.8, 4) is 5.69 Å². The van der Waals surface area contributed by atoms with Gasteiger partial charge in [-0.15, -0.1) is 0 Å². The van der Waals surface area contributed by atoms with Crippen molar-refractivity contribution in [3.63, 3.8) is 0 Å². The largest absolute Gasteiger partial charge is 0.433 e. The van der Waals surface area contributed by atoms with E-state index in [1.165, 1.54) is 6.20 Å². The fourth-order valence-electron chi connectivity index (χ4n) is 2.03. The molecule has 2 nitrogen and oxygen atoms in total. The van der Waals surface area contributed by atoms with Gasteiger partial charge in [0.15, 0.2) is 0 Å². The maximum Gasteiger partial charge on any atom is 0.433 e.